The van der Waals surface area contributed by atoms with E-state index in [1.807, 2.05) is 6.92 Å². The number of nitrogens with two attached hydrogens (primary N) is 1. The molecule has 2 unspecified atom stereocenters. The van der Waals surface area contributed by atoms with E-state index in [4.69, 9.17) is 10.8 Å². The number of rotatable bonds is 6. The van der Waals surface area contributed by atoms with Gasteiger partial charge in [-0.25, -0.2) is 9.18 Å². The molecule has 2 atom stereocenters. The third kappa shape index (κ3) is 4.51. The lowest BCUT2D eigenvalue weighted by Crippen LogP contribution is -2.19. The minimum Gasteiger partial charge on any atom is -0.478 e. The summed E-state index contributed by atoms with van der Waals surface area (Å²) in [6.45, 7) is 1.86. The Bertz CT molecular complexity index is 508. The Labute approximate surface area is 113 Å². The van der Waals surface area contributed by atoms with E-state index in [9.17, 15) is 13.4 Å². The van der Waals surface area contributed by atoms with Crippen LogP contribution in [0.5, 0.6) is 0 Å². The molecule has 1 aromatic carbocycles. The maximum absolute atomic E-state index is 13.5. The average molecular weight is 288 g/mol. The van der Waals surface area contributed by atoms with Crippen molar-refractivity contribution in [3.8, 4) is 0 Å². The van der Waals surface area contributed by atoms with Crippen LogP contribution in [0.15, 0.2) is 12.1 Å². The van der Waals surface area contributed by atoms with E-state index in [-0.39, 0.29) is 11.7 Å². The van der Waals surface area contributed by atoms with Gasteiger partial charge in [0, 0.05) is 28.9 Å². The van der Waals surface area contributed by atoms with Gasteiger partial charge in [-0.3, -0.25) is 4.21 Å². The predicted octanol–water partition coefficient (Wildman–Crippen LogP) is 1.68. The van der Waals surface area contributed by atoms with Crippen LogP contribution in [0.4, 0.5) is 15.8 Å². The molecule has 0 heterocycles. The van der Waals surface area contributed by atoms with Gasteiger partial charge in [-0.05, 0) is 25.5 Å². The molecule has 7 heteroatoms. The lowest BCUT2D eigenvalue weighted by molar-refractivity contribution is 0.0692. The standard InChI is InChI=1S/C12H17FN2O3S/c1-7(3-4-19(2)18)15-11-6-9(13)8(12(16)17)5-10(11)14/h5-7,15H,3-4,14H2,1-2H3,(H,16,17). The van der Waals surface area contributed by atoms with Crippen LogP contribution in [0, 0.1) is 5.82 Å². The van der Waals surface area contributed by atoms with E-state index in [1.54, 1.807) is 6.26 Å². The topological polar surface area (TPSA) is 92.4 Å². The van der Waals surface area contributed by atoms with Crippen molar-refractivity contribution < 1.29 is 18.5 Å². The largest absolute Gasteiger partial charge is 0.478 e. The Morgan fingerprint density at radius 1 is 1.58 bits per heavy atom. The van der Waals surface area contributed by atoms with Crippen molar-refractivity contribution in [2.45, 2.75) is 19.4 Å². The Balaban J connectivity index is 2.82. The van der Waals surface area contributed by atoms with Gasteiger partial charge in [-0.1, -0.05) is 0 Å². The number of carboxylic acid groups (broad SMARTS) is 1. The summed E-state index contributed by atoms with van der Waals surface area (Å²) in [6.07, 6.45) is 2.26. The molecule has 0 bridgehead atoms. The highest BCUT2D eigenvalue weighted by molar-refractivity contribution is 7.84. The van der Waals surface area contributed by atoms with E-state index in [1.165, 1.54) is 0 Å². The normalized spacial score (nSPS) is 13.8. The number of hydrogen-bond acceptors (Lipinski definition) is 4. The van der Waals surface area contributed by atoms with E-state index in [0.717, 1.165) is 12.1 Å². The molecular formula is C12H17FN2O3S. The van der Waals surface area contributed by atoms with Gasteiger partial charge >= 0.3 is 5.97 Å². The van der Waals surface area contributed by atoms with Crippen LogP contribution in [0.3, 0.4) is 0 Å². The zero-order valence-corrected chi connectivity index (χ0v) is 11.6. The second-order valence-corrected chi connectivity index (χ2v) is 5.89. The van der Waals surface area contributed by atoms with Crippen LogP contribution >= 0.6 is 0 Å². The van der Waals surface area contributed by atoms with Gasteiger partial charge in [-0.15, -0.1) is 0 Å². The molecule has 0 aromatic heterocycles. The zero-order chi connectivity index (χ0) is 14.6. The van der Waals surface area contributed by atoms with Crippen LogP contribution in [0.25, 0.3) is 0 Å². The molecule has 106 valence electrons. The van der Waals surface area contributed by atoms with Gasteiger partial charge in [0.15, 0.2) is 0 Å². The molecule has 0 fully saturated rings. The molecule has 0 amide bonds. The Morgan fingerprint density at radius 3 is 2.74 bits per heavy atom. The summed E-state index contributed by atoms with van der Waals surface area (Å²) >= 11 is 0. The van der Waals surface area contributed by atoms with Crippen LogP contribution < -0.4 is 11.1 Å². The van der Waals surface area contributed by atoms with Gasteiger partial charge in [0.1, 0.15) is 5.82 Å². The maximum atomic E-state index is 13.5. The summed E-state index contributed by atoms with van der Waals surface area (Å²) in [5, 5.41) is 11.7. The third-order valence-electron chi connectivity index (χ3n) is 2.61. The smallest absolute Gasteiger partial charge is 0.338 e. The van der Waals surface area contributed by atoms with Crippen molar-refractivity contribution in [2.75, 3.05) is 23.1 Å². The summed E-state index contributed by atoms with van der Waals surface area (Å²) in [6, 6.07) is 2.12. The van der Waals surface area contributed by atoms with Crippen LogP contribution in [0.1, 0.15) is 23.7 Å². The minimum absolute atomic E-state index is 0.0405. The number of carboxylic acids is 1. The molecule has 0 aliphatic carbocycles. The molecule has 0 aliphatic rings. The second kappa shape index (κ2) is 6.51. The first-order valence-electron chi connectivity index (χ1n) is 5.70. The number of aromatic carboxylic acids is 1. The summed E-state index contributed by atoms with van der Waals surface area (Å²) in [4.78, 5) is 10.7. The summed E-state index contributed by atoms with van der Waals surface area (Å²) < 4.78 is 24.5. The lowest BCUT2D eigenvalue weighted by atomic mass is 10.1. The summed E-state index contributed by atoms with van der Waals surface area (Å²) in [5.41, 5.74) is 5.74. The molecule has 0 spiro atoms. The van der Waals surface area contributed by atoms with E-state index in [0.29, 0.717) is 17.9 Å². The van der Waals surface area contributed by atoms with Crippen molar-refractivity contribution in [3.63, 3.8) is 0 Å². The van der Waals surface area contributed by atoms with Gasteiger partial charge in [0.2, 0.25) is 0 Å². The summed E-state index contributed by atoms with van der Waals surface area (Å²) in [5.74, 6) is -1.66. The lowest BCUT2D eigenvalue weighted by Gasteiger charge is -2.17. The van der Waals surface area contributed by atoms with Crippen molar-refractivity contribution in [1.82, 2.24) is 0 Å². The highest BCUT2D eigenvalue weighted by atomic mass is 32.2. The number of halogens is 1. The van der Waals surface area contributed by atoms with Gasteiger partial charge in [0.25, 0.3) is 0 Å². The highest BCUT2D eigenvalue weighted by Crippen LogP contribution is 2.24. The Kier molecular flexibility index (Phi) is 5.29. The van der Waals surface area contributed by atoms with Crippen molar-refractivity contribution in [2.24, 2.45) is 0 Å². The number of carbonyl (C=O) groups is 1. The van der Waals surface area contributed by atoms with Gasteiger partial charge < -0.3 is 16.2 Å². The maximum Gasteiger partial charge on any atom is 0.338 e. The first-order valence-corrected chi connectivity index (χ1v) is 7.43. The third-order valence-corrected chi connectivity index (χ3v) is 3.42. The SMILES string of the molecule is CC(CCS(C)=O)Nc1cc(F)c(C(=O)O)cc1N. The molecule has 0 aliphatic heterocycles. The molecule has 0 saturated carbocycles. The molecular weight excluding hydrogens is 271 g/mol. The zero-order valence-electron chi connectivity index (χ0n) is 10.8. The van der Waals surface area contributed by atoms with Crippen LogP contribution in [-0.2, 0) is 10.8 Å². The molecule has 1 aromatic rings. The fourth-order valence-electron chi connectivity index (χ4n) is 1.56. The van der Waals surface area contributed by atoms with Crippen molar-refractivity contribution >= 4 is 28.1 Å². The first kappa shape index (κ1) is 15.4. The predicted molar refractivity (Wildman–Crippen MR) is 74.4 cm³/mol. The van der Waals surface area contributed by atoms with E-state index < -0.39 is 28.1 Å². The minimum atomic E-state index is -1.36. The molecule has 4 N–H and O–H groups in total. The Morgan fingerprint density at radius 2 is 2.21 bits per heavy atom. The average Bonchev–Trinajstić information content (AvgIpc) is 2.30. The second-order valence-electron chi connectivity index (χ2n) is 4.34. The number of hydrogen-bond donors (Lipinski definition) is 3. The Hall–Kier alpha value is -1.63. The monoisotopic (exact) mass is 288 g/mol. The fraction of sp³-hybridized carbons (Fsp3) is 0.417. The highest BCUT2D eigenvalue weighted by Gasteiger charge is 2.14. The van der Waals surface area contributed by atoms with E-state index in [2.05, 4.69) is 5.32 Å². The van der Waals surface area contributed by atoms with Gasteiger partial charge in [0.05, 0.1) is 16.9 Å². The quantitative estimate of drug-likeness (QED) is 0.693. The molecule has 1 rings (SSSR count). The number of anilines is 2. The van der Waals surface area contributed by atoms with Crippen LogP contribution in [0.2, 0.25) is 0 Å². The van der Waals surface area contributed by atoms with E-state index >= 15 is 0 Å². The van der Waals surface area contributed by atoms with Crippen molar-refractivity contribution in [1.29, 1.82) is 0 Å². The molecule has 5 nitrogen and oxygen atoms in total. The number of nitrogen functional groups attached to an aromatic ring is 1. The molecule has 0 radical (unpaired) electrons. The summed E-state index contributed by atoms with van der Waals surface area (Å²) in [7, 11) is -0.887. The fourth-order valence-corrected chi connectivity index (χ4v) is 2.24. The molecule has 0 saturated heterocycles. The van der Waals surface area contributed by atoms with Crippen molar-refractivity contribution in [3.05, 3.63) is 23.5 Å². The van der Waals surface area contributed by atoms with Crippen LogP contribution in [-0.4, -0.2) is 33.3 Å². The first-order chi connectivity index (χ1) is 8.81. The van der Waals surface area contributed by atoms with Gasteiger partial charge in [-0.2, -0.15) is 0 Å². The molecule has 19 heavy (non-hydrogen) atoms. The number of nitrogens with one attached hydrogen (secondary N) is 1. The number of benzene rings is 1.